The van der Waals surface area contributed by atoms with Crippen molar-refractivity contribution in [2.45, 2.75) is 84.0 Å². The number of unbranched alkanes of at least 4 members (excludes halogenated alkanes) is 11. The third-order valence-electron chi connectivity index (χ3n) is 4.08. The average molecular weight is 328 g/mol. The van der Waals surface area contributed by atoms with E-state index in [9.17, 15) is 0 Å². The minimum absolute atomic E-state index is 0.624. The molecule has 0 radical (unpaired) electrons. The van der Waals surface area contributed by atoms with Gasteiger partial charge < -0.3 is 5.21 Å². The van der Waals surface area contributed by atoms with Gasteiger partial charge in [-0.2, -0.15) is 0 Å². The van der Waals surface area contributed by atoms with Crippen LogP contribution in [-0.4, -0.2) is 16.4 Å². The minimum Gasteiger partial charge on any atom is -0.411 e. The molecule has 0 aliphatic heterocycles. The Balaban J connectivity index is 2.00. The number of pyridine rings is 1. The normalized spacial score (nSPS) is 10.7. The van der Waals surface area contributed by atoms with E-state index < -0.39 is 0 Å². The van der Waals surface area contributed by atoms with Crippen molar-refractivity contribution in [2.75, 3.05) is 0 Å². The topological polar surface area (TPSA) is 45.5 Å². The van der Waals surface area contributed by atoms with Crippen LogP contribution in [0, 0.1) is 11.8 Å². The maximum atomic E-state index is 8.50. The molecule has 1 aromatic rings. The zero-order valence-corrected chi connectivity index (χ0v) is 15.1. The third-order valence-corrected chi connectivity index (χ3v) is 4.08. The number of oxime groups is 1. The highest BCUT2D eigenvalue weighted by molar-refractivity contribution is 5.76. The molecule has 3 nitrogen and oxygen atoms in total. The van der Waals surface area contributed by atoms with Crippen LogP contribution in [-0.2, 0) is 0 Å². The lowest BCUT2D eigenvalue weighted by molar-refractivity contribution is 0.321. The van der Waals surface area contributed by atoms with Gasteiger partial charge in [0.1, 0.15) is 5.69 Å². The van der Waals surface area contributed by atoms with Gasteiger partial charge in [-0.15, -0.1) is 0 Å². The largest absolute Gasteiger partial charge is 0.411 e. The lowest BCUT2D eigenvalue weighted by atomic mass is 10.1. The number of nitrogens with zero attached hydrogens (tertiary/aromatic N) is 2. The van der Waals surface area contributed by atoms with Crippen molar-refractivity contribution in [1.82, 2.24) is 4.98 Å². The Bertz CT molecular complexity index is 514. The Kier molecular flexibility index (Phi) is 12.4. The Hall–Kier alpha value is -1.82. The summed E-state index contributed by atoms with van der Waals surface area (Å²) >= 11 is 0. The standard InChI is InChI=1S/C21H32N2O/c1-2-3-4-5-6-7-8-9-10-11-12-13-14-16-20-17-15-18-21(23-20)19-22-24/h15,17-19,24H,2-13H2,1H3. The van der Waals surface area contributed by atoms with Crippen LogP contribution >= 0.6 is 0 Å². The molecule has 3 heteroatoms. The van der Waals surface area contributed by atoms with E-state index in [0.29, 0.717) is 5.69 Å². The second-order valence-electron chi connectivity index (χ2n) is 6.28. The smallest absolute Gasteiger partial charge is 0.113 e. The van der Waals surface area contributed by atoms with Gasteiger partial charge >= 0.3 is 0 Å². The van der Waals surface area contributed by atoms with Crippen molar-refractivity contribution in [3.05, 3.63) is 29.6 Å². The van der Waals surface area contributed by atoms with Gasteiger partial charge in [-0.25, -0.2) is 4.98 Å². The molecule has 0 saturated carbocycles. The first-order chi connectivity index (χ1) is 11.9. The summed E-state index contributed by atoms with van der Waals surface area (Å²) in [4.78, 5) is 4.27. The fourth-order valence-corrected chi connectivity index (χ4v) is 2.68. The highest BCUT2D eigenvalue weighted by Gasteiger charge is 1.93. The Morgan fingerprint density at radius 1 is 0.958 bits per heavy atom. The summed E-state index contributed by atoms with van der Waals surface area (Å²) in [7, 11) is 0. The summed E-state index contributed by atoms with van der Waals surface area (Å²) in [6.07, 6.45) is 17.2. The van der Waals surface area contributed by atoms with Gasteiger partial charge in [0.15, 0.2) is 0 Å². The van der Waals surface area contributed by atoms with Crippen LogP contribution in [0.3, 0.4) is 0 Å². The van der Waals surface area contributed by atoms with E-state index in [4.69, 9.17) is 5.21 Å². The summed E-state index contributed by atoms with van der Waals surface area (Å²) < 4.78 is 0. The van der Waals surface area contributed by atoms with Crippen LogP contribution in [0.15, 0.2) is 23.4 Å². The monoisotopic (exact) mass is 328 g/mol. The second kappa shape index (κ2) is 14.8. The molecule has 132 valence electrons. The van der Waals surface area contributed by atoms with Gasteiger partial charge in [0.25, 0.3) is 0 Å². The van der Waals surface area contributed by atoms with E-state index in [-0.39, 0.29) is 0 Å². The molecule has 1 heterocycles. The van der Waals surface area contributed by atoms with Crippen LogP contribution in [0.4, 0.5) is 0 Å². The van der Waals surface area contributed by atoms with Gasteiger partial charge in [-0.05, 0) is 24.5 Å². The van der Waals surface area contributed by atoms with Crippen molar-refractivity contribution >= 4 is 6.21 Å². The molecule has 0 fully saturated rings. The molecule has 0 atom stereocenters. The van der Waals surface area contributed by atoms with Crippen LogP contribution in [0.5, 0.6) is 0 Å². The minimum atomic E-state index is 0.624. The Morgan fingerprint density at radius 3 is 2.21 bits per heavy atom. The van der Waals surface area contributed by atoms with Gasteiger partial charge in [-0.1, -0.05) is 88.3 Å². The number of rotatable bonds is 12. The maximum absolute atomic E-state index is 8.50. The summed E-state index contributed by atoms with van der Waals surface area (Å²) in [6.45, 7) is 2.27. The molecule has 0 bridgehead atoms. The van der Waals surface area contributed by atoms with Crippen LogP contribution < -0.4 is 0 Å². The van der Waals surface area contributed by atoms with Crippen molar-refractivity contribution in [3.8, 4) is 11.8 Å². The van der Waals surface area contributed by atoms with Crippen molar-refractivity contribution in [3.63, 3.8) is 0 Å². The first kappa shape index (κ1) is 20.2. The molecular formula is C21H32N2O. The molecule has 1 rings (SSSR count). The third kappa shape index (κ3) is 10.8. The molecule has 0 amide bonds. The highest BCUT2D eigenvalue weighted by Crippen LogP contribution is 2.11. The molecule has 0 aromatic carbocycles. The fourth-order valence-electron chi connectivity index (χ4n) is 2.68. The molecular weight excluding hydrogens is 296 g/mol. The number of hydrogen-bond donors (Lipinski definition) is 1. The summed E-state index contributed by atoms with van der Waals surface area (Å²) in [6, 6.07) is 5.53. The molecule has 1 aromatic heterocycles. The quantitative estimate of drug-likeness (QED) is 0.170. The summed E-state index contributed by atoms with van der Waals surface area (Å²) in [5.41, 5.74) is 1.36. The number of hydrogen-bond acceptors (Lipinski definition) is 3. The Morgan fingerprint density at radius 2 is 1.58 bits per heavy atom. The highest BCUT2D eigenvalue weighted by atomic mass is 16.4. The lowest BCUT2D eigenvalue weighted by Crippen LogP contribution is -1.90. The lowest BCUT2D eigenvalue weighted by Gasteiger charge is -2.01. The molecule has 0 aliphatic rings. The van der Waals surface area contributed by atoms with E-state index in [2.05, 4.69) is 28.9 Å². The zero-order valence-electron chi connectivity index (χ0n) is 15.1. The average Bonchev–Trinajstić information content (AvgIpc) is 2.60. The van der Waals surface area contributed by atoms with Gasteiger partial charge in [0.05, 0.1) is 11.9 Å². The van der Waals surface area contributed by atoms with Crippen LogP contribution in [0.25, 0.3) is 0 Å². The SMILES string of the molecule is CCCCCCCCCCCCCC#Cc1cccc(C=NO)n1. The molecule has 0 saturated heterocycles. The van der Waals surface area contributed by atoms with E-state index in [0.717, 1.165) is 12.1 Å². The fraction of sp³-hybridized carbons (Fsp3) is 0.619. The van der Waals surface area contributed by atoms with Gasteiger partial charge in [-0.3, -0.25) is 0 Å². The Labute approximate surface area is 147 Å². The van der Waals surface area contributed by atoms with Crippen LogP contribution in [0.1, 0.15) is 95.4 Å². The van der Waals surface area contributed by atoms with E-state index in [1.165, 1.54) is 76.8 Å². The molecule has 0 unspecified atom stereocenters. The second-order valence-corrected chi connectivity index (χ2v) is 6.28. The van der Waals surface area contributed by atoms with Gasteiger partial charge in [0.2, 0.25) is 0 Å². The van der Waals surface area contributed by atoms with Crippen molar-refractivity contribution < 1.29 is 5.21 Å². The van der Waals surface area contributed by atoms with Crippen LogP contribution in [0.2, 0.25) is 0 Å². The first-order valence-corrected chi connectivity index (χ1v) is 9.50. The van der Waals surface area contributed by atoms with Gasteiger partial charge in [0, 0.05) is 6.42 Å². The molecule has 0 spiro atoms. The first-order valence-electron chi connectivity index (χ1n) is 9.50. The maximum Gasteiger partial charge on any atom is 0.113 e. The van der Waals surface area contributed by atoms with E-state index in [1.807, 2.05) is 12.1 Å². The predicted molar refractivity (Wildman–Crippen MR) is 102 cm³/mol. The summed E-state index contributed by atoms with van der Waals surface area (Å²) in [5, 5.41) is 11.5. The summed E-state index contributed by atoms with van der Waals surface area (Å²) in [5.74, 6) is 6.26. The van der Waals surface area contributed by atoms with Crippen molar-refractivity contribution in [2.24, 2.45) is 5.16 Å². The predicted octanol–water partition coefficient (Wildman–Crippen LogP) is 5.94. The number of aromatic nitrogens is 1. The van der Waals surface area contributed by atoms with E-state index >= 15 is 0 Å². The molecule has 1 N–H and O–H groups in total. The molecule has 24 heavy (non-hydrogen) atoms. The zero-order chi connectivity index (χ0) is 17.3. The van der Waals surface area contributed by atoms with Crippen molar-refractivity contribution in [1.29, 1.82) is 0 Å². The van der Waals surface area contributed by atoms with E-state index in [1.54, 1.807) is 6.07 Å². The molecule has 0 aliphatic carbocycles.